The number of hydrogen-bond donors (Lipinski definition) is 3. The topological polar surface area (TPSA) is 48.5 Å². The fourth-order valence-electron chi connectivity index (χ4n) is 2.96. The molecule has 1 saturated heterocycles. The van der Waals surface area contributed by atoms with Gasteiger partial charge in [0.05, 0.1) is 5.69 Å². The van der Waals surface area contributed by atoms with Gasteiger partial charge in [-0.25, -0.2) is 0 Å². The van der Waals surface area contributed by atoms with Crippen LogP contribution in [0.5, 0.6) is 0 Å². The van der Waals surface area contributed by atoms with Crippen LogP contribution in [-0.2, 0) is 0 Å². The summed E-state index contributed by atoms with van der Waals surface area (Å²) in [5.41, 5.74) is 2.34. The molecule has 0 aromatic heterocycles. The Morgan fingerprint density at radius 2 is 2.22 bits per heavy atom. The lowest BCUT2D eigenvalue weighted by atomic mass is 9.92. The Morgan fingerprint density at radius 3 is 2.83 bits per heavy atom. The molecule has 0 radical (unpaired) electrons. The molecule has 0 saturated carbocycles. The molecule has 2 unspecified atom stereocenters. The van der Waals surface area contributed by atoms with Gasteiger partial charge in [-0.2, -0.15) is 0 Å². The molecule has 1 aromatic carbocycles. The minimum absolute atomic E-state index is 0.448. The molecule has 23 heavy (non-hydrogen) atoms. The molecular weight excluding hydrogens is 304 g/mol. The van der Waals surface area contributed by atoms with Gasteiger partial charge < -0.3 is 16.0 Å². The summed E-state index contributed by atoms with van der Waals surface area (Å²) >= 11 is 1.84. The van der Waals surface area contributed by atoms with Crippen LogP contribution < -0.4 is 16.0 Å². The fourth-order valence-corrected chi connectivity index (χ4v) is 4.06. The third-order valence-electron chi connectivity index (χ3n) is 4.52. The van der Waals surface area contributed by atoms with E-state index in [4.69, 9.17) is 0 Å². The number of piperidine rings is 1. The van der Waals surface area contributed by atoms with Gasteiger partial charge in [-0.05, 0) is 63.8 Å². The van der Waals surface area contributed by atoms with E-state index in [1.807, 2.05) is 25.9 Å². The average Bonchev–Trinajstić information content (AvgIpc) is 2.59. The Balaban J connectivity index is 2.03. The molecule has 128 valence electrons. The van der Waals surface area contributed by atoms with Crippen LogP contribution >= 0.6 is 11.8 Å². The average molecular weight is 335 g/mol. The molecule has 1 aliphatic rings. The predicted octanol–water partition coefficient (Wildman–Crippen LogP) is 2.98. The van der Waals surface area contributed by atoms with Gasteiger partial charge in [0.25, 0.3) is 0 Å². The summed E-state index contributed by atoms with van der Waals surface area (Å²) < 4.78 is 0. The SMILES string of the molecule is C=Nc1cc([C@H]2CCC(C)CN2)ccc1SCC(CNC)NC. The normalized spacial score (nSPS) is 22.7. The van der Waals surface area contributed by atoms with Crippen molar-refractivity contribution in [1.82, 2.24) is 16.0 Å². The first-order chi connectivity index (χ1) is 11.2. The third-order valence-corrected chi connectivity index (χ3v) is 5.74. The van der Waals surface area contributed by atoms with Gasteiger partial charge in [0.1, 0.15) is 0 Å². The summed E-state index contributed by atoms with van der Waals surface area (Å²) in [7, 11) is 3.99. The van der Waals surface area contributed by atoms with Crippen molar-refractivity contribution in [2.75, 3.05) is 32.9 Å². The van der Waals surface area contributed by atoms with Crippen LogP contribution in [0.15, 0.2) is 28.1 Å². The lowest BCUT2D eigenvalue weighted by Gasteiger charge is -2.28. The zero-order chi connectivity index (χ0) is 16.7. The Bertz CT molecular complexity index is 498. The van der Waals surface area contributed by atoms with Crippen molar-refractivity contribution < 1.29 is 0 Å². The molecule has 1 aromatic rings. The van der Waals surface area contributed by atoms with Crippen molar-refractivity contribution in [1.29, 1.82) is 0 Å². The van der Waals surface area contributed by atoms with Crippen molar-refractivity contribution in [3.05, 3.63) is 23.8 Å². The molecule has 0 bridgehead atoms. The zero-order valence-corrected chi connectivity index (χ0v) is 15.4. The molecular formula is C18H30N4S. The minimum atomic E-state index is 0.448. The molecule has 3 atom stereocenters. The summed E-state index contributed by atoms with van der Waals surface area (Å²) in [4.78, 5) is 5.47. The standard InChI is InChI=1S/C18H30N4S/c1-13-5-7-16(22-10-13)14-6-8-18(17(9-14)21-4)23-12-15(20-3)11-19-2/h6,8-9,13,15-16,19-20,22H,4-5,7,10-12H2,1-3H3/t13?,15?,16-/m1/s1. The van der Waals surface area contributed by atoms with Crippen LogP contribution in [0.2, 0.25) is 0 Å². The molecule has 0 amide bonds. The monoisotopic (exact) mass is 334 g/mol. The first-order valence-electron chi connectivity index (χ1n) is 8.46. The van der Waals surface area contributed by atoms with Crippen molar-refractivity contribution in [2.45, 2.75) is 36.7 Å². The number of likely N-dealkylation sites (N-methyl/N-ethyl adjacent to an activating group) is 2. The van der Waals surface area contributed by atoms with E-state index in [9.17, 15) is 0 Å². The van der Waals surface area contributed by atoms with E-state index >= 15 is 0 Å². The summed E-state index contributed by atoms with van der Waals surface area (Å²) in [6.07, 6.45) is 2.49. The van der Waals surface area contributed by atoms with E-state index in [0.717, 1.165) is 30.4 Å². The van der Waals surface area contributed by atoms with Crippen LogP contribution in [0.25, 0.3) is 0 Å². The Kier molecular flexibility index (Phi) is 7.56. The van der Waals surface area contributed by atoms with Crippen molar-refractivity contribution in [2.24, 2.45) is 10.9 Å². The summed E-state index contributed by atoms with van der Waals surface area (Å²) in [6, 6.07) is 7.56. The van der Waals surface area contributed by atoms with Crippen molar-refractivity contribution in [3.8, 4) is 0 Å². The number of benzene rings is 1. The Labute approximate surface area is 144 Å². The van der Waals surface area contributed by atoms with Gasteiger partial charge in [-0.15, -0.1) is 11.8 Å². The highest BCUT2D eigenvalue weighted by Crippen LogP contribution is 2.34. The van der Waals surface area contributed by atoms with Crippen molar-refractivity contribution in [3.63, 3.8) is 0 Å². The maximum atomic E-state index is 4.26. The van der Waals surface area contributed by atoms with Gasteiger partial charge in [-0.3, -0.25) is 4.99 Å². The number of nitrogens with zero attached hydrogens (tertiary/aromatic N) is 1. The fraction of sp³-hybridized carbons (Fsp3) is 0.611. The highest BCUT2D eigenvalue weighted by molar-refractivity contribution is 7.99. The second-order valence-corrected chi connectivity index (χ2v) is 7.44. The smallest absolute Gasteiger partial charge is 0.0761 e. The maximum absolute atomic E-state index is 4.26. The number of hydrogen-bond acceptors (Lipinski definition) is 5. The lowest BCUT2D eigenvalue weighted by molar-refractivity contribution is 0.333. The van der Waals surface area contributed by atoms with E-state index in [2.05, 4.69) is 52.8 Å². The second-order valence-electron chi connectivity index (χ2n) is 6.38. The van der Waals surface area contributed by atoms with E-state index in [-0.39, 0.29) is 0 Å². The van der Waals surface area contributed by atoms with E-state index in [1.165, 1.54) is 23.3 Å². The third kappa shape index (κ3) is 5.31. The van der Waals surface area contributed by atoms with E-state index in [0.29, 0.717) is 12.1 Å². The van der Waals surface area contributed by atoms with Crippen molar-refractivity contribution >= 4 is 24.2 Å². The lowest BCUT2D eigenvalue weighted by Crippen LogP contribution is -2.36. The molecule has 3 N–H and O–H groups in total. The van der Waals surface area contributed by atoms with Crippen LogP contribution in [0, 0.1) is 5.92 Å². The number of rotatable bonds is 8. The first-order valence-corrected chi connectivity index (χ1v) is 9.45. The van der Waals surface area contributed by atoms with Crippen LogP contribution in [0.4, 0.5) is 5.69 Å². The van der Waals surface area contributed by atoms with Crippen LogP contribution in [0.3, 0.4) is 0 Å². The number of nitrogens with one attached hydrogen (secondary N) is 3. The van der Waals surface area contributed by atoms with E-state index in [1.54, 1.807) is 0 Å². The highest BCUT2D eigenvalue weighted by atomic mass is 32.2. The van der Waals surface area contributed by atoms with Gasteiger partial charge in [0.2, 0.25) is 0 Å². The number of aliphatic imine (C=N–C) groups is 1. The quantitative estimate of drug-likeness (QED) is 0.505. The molecule has 4 nitrogen and oxygen atoms in total. The maximum Gasteiger partial charge on any atom is 0.0761 e. The van der Waals surface area contributed by atoms with Gasteiger partial charge in [0.15, 0.2) is 0 Å². The van der Waals surface area contributed by atoms with Gasteiger partial charge >= 0.3 is 0 Å². The second kappa shape index (κ2) is 9.42. The van der Waals surface area contributed by atoms with Gasteiger partial charge in [-0.1, -0.05) is 13.0 Å². The molecule has 0 spiro atoms. The summed E-state index contributed by atoms with van der Waals surface area (Å²) in [5, 5.41) is 10.2. The highest BCUT2D eigenvalue weighted by Gasteiger charge is 2.19. The minimum Gasteiger partial charge on any atom is -0.318 e. The molecule has 1 fully saturated rings. The Morgan fingerprint density at radius 1 is 1.39 bits per heavy atom. The number of thioether (sulfide) groups is 1. The van der Waals surface area contributed by atoms with Gasteiger partial charge in [0, 0.05) is 29.3 Å². The summed E-state index contributed by atoms with van der Waals surface area (Å²) in [6.45, 7) is 8.13. The predicted molar refractivity (Wildman–Crippen MR) is 102 cm³/mol. The molecule has 1 heterocycles. The first kappa shape index (κ1) is 18.5. The van der Waals surface area contributed by atoms with E-state index < -0.39 is 0 Å². The summed E-state index contributed by atoms with van der Waals surface area (Å²) in [5.74, 6) is 1.79. The van der Waals surface area contributed by atoms with Crippen LogP contribution in [-0.4, -0.2) is 45.7 Å². The zero-order valence-electron chi connectivity index (χ0n) is 14.6. The molecule has 5 heteroatoms. The largest absolute Gasteiger partial charge is 0.318 e. The molecule has 0 aliphatic carbocycles. The Hall–Kier alpha value is -0.880. The molecule has 2 rings (SSSR count). The van der Waals surface area contributed by atoms with Crippen LogP contribution in [0.1, 0.15) is 31.4 Å². The molecule has 1 aliphatic heterocycles.